The number of nitrogens with two attached hydrogens (primary N) is 1. The zero-order valence-electron chi connectivity index (χ0n) is 6.95. The summed E-state index contributed by atoms with van der Waals surface area (Å²) >= 11 is 1.30. The first-order valence-corrected chi connectivity index (χ1v) is 4.62. The average Bonchev–Trinajstić information content (AvgIpc) is 1.99. The third-order valence-electron chi connectivity index (χ3n) is 1.53. The smallest absolute Gasteiger partial charge is 0.383 e. The van der Waals surface area contributed by atoms with Crippen molar-refractivity contribution in [1.29, 1.82) is 0 Å². The molecule has 0 saturated carbocycles. The molecule has 2 nitrogen and oxygen atoms in total. The Morgan fingerprint density at radius 3 is 2.20 bits per heavy atom. The van der Waals surface area contributed by atoms with Gasteiger partial charge in [0, 0.05) is 3.57 Å². The molecule has 0 aliphatic carbocycles. The van der Waals surface area contributed by atoms with Gasteiger partial charge in [0.25, 0.3) is 6.43 Å². The van der Waals surface area contributed by atoms with Crippen LogP contribution in [-0.4, -0.2) is 4.98 Å². The van der Waals surface area contributed by atoms with Crippen LogP contribution in [0.15, 0.2) is 6.07 Å². The molecule has 0 spiro atoms. The van der Waals surface area contributed by atoms with E-state index in [-0.39, 0.29) is 3.57 Å². The Kier molecular flexibility index (Phi) is 3.36. The summed E-state index contributed by atoms with van der Waals surface area (Å²) in [7, 11) is 0. The summed E-state index contributed by atoms with van der Waals surface area (Å²) in [6.07, 6.45) is -7.63. The summed E-state index contributed by atoms with van der Waals surface area (Å²) in [5.74, 6) is -0.926. The lowest BCUT2D eigenvalue weighted by molar-refractivity contribution is -0.137. The number of anilines is 1. The van der Waals surface area contributed by atoms with Crippen LogP contribution in [0.1, 0.15) is 17.7 Å². The van der Waals surface area contributed by atoms with Crippen molar-refractivity contribution in [3.63, 3.8) is 0 Å². The molecule has 1 rings (SSSR count). The Morgan fingerprint density at radius 1 is 1.33 bits per heavy atom. The minimum absolute atomic E-state index is 0.386. The van der Waals surface area contributed by atoms with Crippen LogP contribution in [0.5, 0.6) is 0 Å². The molecular weight excluding hydrogens is 334 g/mol. The summed E-state index contributed by atoms with van der Waals surface area (Å²) in [5, 5.41) is 0. The fourth-order valence-corrected chi connectivity index (χ4v) is 1.85. The number of rotatable bonds is 1. The van der Waals surface area contributed by atoms with E-state index in [1.165, 1.54) is 22.6 Å². The predicted octanol–water partition coefficient (Wildman–Crippen LogP) is 3.22. The number of alkyl halides is 5. The van der Waals surface area contributed by atoms with Crippen molar-refractivity contribution in [1.82, 2.24) is 4.98 Å². The Hall–Kier alpha value is -0.670. The largest absolute Gasteiger partial charge is 0.420 e. The quantitative estimate of drug-likeness (QED) is 0.631. The topological polar surface area (TPSA) is 38.9 Å². The molecule has 0 radical (unpaired) electrons. The Bertz CT molecular complexity index is 353. The first-order valence-electron chi connectivity index (χ1n) is 3.54. The van der Waals surface area contributed by atoms with Crippen molar-refractivity contribution >= 4 is 28.4 Å². The van der Waals surface area contributed by atoms with Crippen LogP contribution in [0, 0.1) is 3.57 Å². The zero-order valence-corrected chi connectivity index (χ0v) is 9.10. The number of halogens is 6. The van der Waals surface area contributed by atoms with Crippen molar-refractivity contribution < 1.29 is 22.0 Å². The van der Waals surface area contributed by atoms with Crippen LogP contribution in [0.3, 0.4) is 0 Å². The molecular formula is C7H4F5IN2. The first kappa shape index (κ1) is 12.4. The van der Waals surface area contributed by atoms with Gasteiger partial charge in [0.1, 0.15) is 17.1 Å². The maximum absolute atomic E-state index is 12.3. The molecule has 1 aromatic rings. The molecule has 0 aliphatic heterocycles. The third kappa shape index (κ3) is 2.67. The van der Waals surface area contributed by atoms with Crippen LogP contribution in [0.4, 0.5) is 27.8 Å². The molecule has 0 fully saturated rings. The normalized spacial score (nSPS) is 12.2. The van der Waals surface area contributed by atoms with E-state index in [1.54, 1.807) is 0 Å². The van der Waals surface area contributed by atoms with Gasteiger partial charge in [-0.1, -0.05) is 0 Å². The van der Waals surface area contributed by atoms with E-state index in [2.05, 4.69) is 4.98 Å². The molecule has 15 heavy (non-hydrogen) atoms. The molecule has 0 bridgehead atoms. The zero-order chi connectivity index (χ0) is 11.8. The number of nitrogens with zero attached hydrogens (tertiary/aromatic N) is 1. The lowest BCUT2D eigenvalue weighted by atomic mass is 10.2. The molecule has 0 aromatic carbocycles. The monoisotopic (exact) mass is 338 g/mol. The maximum atomic E-state index is 12.3. The third-order valence-corrected chi connectivity index (χ3v) is 2.38. The fraction of sp³-hybridized carbons (Fsp3) is 0.286. The summed E-state index contributed by atoms with van der Waals surface area (Å²) in [6, 6.07) is 0.671. The number of hydrogen-bond acceptors (Lipinski definition) is 2. The average molecular weight is 338 g/mol. The second-order valence-corrected chi connectivity index (χ2v) is 3.75. The van der Waals surface area contributed by atoms with E-state index < -0.39 is 29.7 Å². The van der Waals surface area contributed by atoms with Gasteiger partial charge in [-0.3, -0.25) is 0 Å². The highest BCUT2D eigenvalue weighted by Gasteiger charge is 2.36. The van der Waals surface area contributed by atoms with Gasteiger partial charge in [-0.15, -0.1) is 0 Å². The fourth-order valence-electron chi connectivity index (χ4n) is 0.944. The van der Waals surface area contributed by atoms with E-state index in [9.17, 15) is 22.0 Å². The van der Waals surface area contributed by atoms with Gasteiger partial charge in [0.2, 0.25) is 0 Å². The van der Waals surface area contributed by atoms with Crippen molar-refractivity contribution in [3.05, 3.63) is 20.9 Å². The van der Waals surface area contributed by atoms with Gasteiger partial charge in [-0.05, 0) is 28.7 Å². The van der Waals surface area contributed by atoms with E-state index in [1.807, 2.05) is 0 Å². The second-order valence-electron chi connectivity index (χ2n) is 2.59. The number of hydrogen-bond donors (Lipinski definition) is 1. The van der Waals surface area contributed by atoms with E-state index in [0.717, 1.165) is 0 Å². The second kappa shape index (κ2) is 4.06. The van der Waals surface area contributed by atoms with Gasteiger partial charge in [0.15, 0.2) is 0 Å². The maximum Gasteiger partial charge on any atom is 0.420 e. The highest BCUT2D eigenvalue weighted by molar-refractivity contribution is 14.1. The van der Waals surface area contributed by atoms with Gasteiger partial charge in [-0.25, -0.2) is 13.8 Å². The highest BCUT2D eigenvalue weighted by Crippen LogP contribution is 2.37. The summed E-state index contributed by atoms with van der Waals surface area (Å²) < 4.78 is 60.9. The van der Waals surface area contributed by atoms with Crippen molar-refractivity contribution in [2.75, 3.05) is 5.73 Å². The Labute approximate surface area is 94.8 Å². The van der Waals surface area contributed by atoms with Gasteiger partial charge >= 0.3 is 6.18 Å². The Morgan fingerprint density at radius 2 is 1.87 bits per heavy atom. The molecule has 0 unspecified atom stereocenters. The van der Waals surface area contributed by atoms with E-state index >= 15 is 0 Å². The molecule has 84 valence electrons. The van der Waals surface area contributed by atoms with Crippen LogP contribution in [0.2, 0.25) is 0 Å². The summed E-state index contributed by atoms with van der Waals surface area (Å²) in [6.45, 7) is 0. The van der Waals surface area contributed by atoms with Crippen LogP contribution in [0.25, 0.3) is 0 Å². The van der Waals surface area contributed by atoms with Gasteiger partial charge < -0.3 is 5.73 Å². The summed E-state index contributed by atoms with van der Waals surface area (Å²) in [5.41, 5.74) is 3.04. The minimum atomic E-state index is -4.69. The number of pyridine rings is 1. The first-order chi connectivity index (χ1) is 6.73. The van der Waals surface area contributed by atoms with E-state index in [0.29, 0.717) is 6.07 Å². The van der Waals surface area contributed by atoms with Gasteiger partial charge in [-0.2, -0.15) is 13.2 Å². The summed E-state index contributed by atoms with van der Waals surface area (Å²) in [4.78, 5) is 3.00. The molecule has 0 aliphatic rings. The lowest BCUT2D eigenvalue weighted by Gasteiger charge is -2.12. The van der Waals surface area contributed by atoms with Crippen molar-refractivity contribution in [3.8, 4) is 0 Å². The molecule has 0 amide bonds. The SMILES string of the molecule is Nc1nc(C(F)F)cc(I)c1C(F)(F)F. The predicted molar refractivity (Wildman–Crippen MR) is 51.3 cm³/mol. The molecule has 8 heteroatoms. The standard InChI is InChI=1S/C7H4F5IN2/c8-5(9)3-1-2(13)4(6(14)15-3)7(10,11)12/h1,5H,(H2,14,15). The molecule has 1 aromatic heterocycles. The lowest BCUT2D eigenvalue weighted by Crippen LogP contribution is -2.14. The van der Waals surface area contributed by atoms with Crippen LogP contribution >= 0.6 is 22.6 Å². The number of nitrogen functional groups attached to an aromatic ring is 1. The Balaban J connectivity index is 3.34. The van der Waals surface area contributed by atoms with Crippen molar-refractivity contribution in [2.45, 2.75) is 12.6 Å². The molecule has 1 heterocycles. The van der Waals surface area contributed by atoms with Crippen molar-refractivity contribution in [2.24, 2.45) is 0 Å². The highest BCUT2D eigenvalue weighted by atomic mass is 127. The van der Waals surface area contributed by atoms with Crippen LogP contribution < -0.4 is 5.73 Å². The molecule has 2 N–H and O–H groups in total. The molecule has 0 atom stereocenters. The van der Waals surface area contributed by atoms with Gasteiger partial charge in [0.05, 0.1) is 0 Å². The van der Waals surface area contributed by atoms with E-state index in [4.69, 9.17) is 5.73 Å². The minimum Gasteiger partial charge on any atom is -0.383 e. The number of aromatic nitrogens is 1. The van der Waals surface area contributed by atoms with Crippen LogP contribution in [-0.2, 0) is 6.18 Å². The molecule has 0 saturated heterocycles.